The SMILES string of the molecule is CC(=O)N1CCN(c2nccc(C(=O)NCC3CCCO3)n2)CC1. The zero-order valence-electron chi connectivity index (χ0n) is 13.9. The fourth-order valence-corrected chi connectivity index (χ4v) is 2.95. The molecule has 0 radical (unpaired) electrons. The topological polar surface area (TPSA) is 87.7 Å². The van der Waals surface area contributed by atoms with Crippen molar-refractivity contribution in [3.63, 3.8) is 0 Å². The minimum atomic E-state index is -0.212. The van der Waals surface area contributed by atoms with Crippen molar-refractivity contribution in [1.29, 1.82) is 0 Å². The first-order valence-electron chi connectivity index (χ1n) is 8.37. The highest BCUT2D eigenvalue weighted by atomic mass is 16.5. The molecule has 1 aromatic rings. The summed E-state index contributed by atoms with van der Waals surface area (Å²) in [5.41, 5.74) is 0.354. The van der Waals surface area contributed by atoms with Crippen LogP contribution < -0.4 is 10.2 Å². The second-order valence-corrected chi connectivity index (χ2v) is 6.08. The standard InChI is InChI=1S/C16H23N5O3/c1-12(22)20-6-8-21(9-7-20)16-17-5-4-14(19-16)15(23)18-11-13-3-2-10-24-13/h4-5,13H,2-3,6-11H2,1H3,(H,18,23). The van der Waals surface area contributed by atoms with Crippen LogP contribution in [0, 0.1) is 0 Å². The van der Waals surface area contributed by atoms with Crippen molar-refractivity contribution in [2.45, 2.75) is 25.9 Å². The highest BCUT2D eigenvalue weighted by molar-refractivity contribution is 5.92. The first kappa shape index (κ1) is 16.6. The lowest BCUT2D eigenvalue weighted by Gasteiger charge is -2.34. The molecule has 8 nitrogen and oxygen atoms in total. The van der Waals surface area contributed by atoms with E-state index in [1.807, 2.05) is 4.90 Å². The predicted molar refractivity (Wildman–Crippen MR) is 87.8 cm³/mol. The molecular weight excluding hydrogens is 310 g/mol. The second kappa shape index (κ2) is 7.57. The average molecular weight is 333 g/mol. The summed E-state index contributed by atoms with van der Waals surface area (Å²) < 4.78 is 5.50. The lowest BCUT2D eigenvalue weighted by Crippen LogP contribution is -2.48. The van der Waals surface area contributed by atoms with Crippen molar-refractivity contribution in [2.24, 2.45) is 0 Å². The summed E-state index contributed by atoms with van der Waals surface area (Å²) in [4.78, 5) is 36.1. The van der Waals surface area contributed by atoms with Gasteiger partial charge in [0.1, 0.15) is 5.69 Å². The highest BCUT2D eigenvalue weighted by Gasteiger charge is 2.22. The minimum absolute atomic E-state index is 0.0813. The Kier molecular flexibility index (Phi) is 5.24. The molecule has 2 amide bonds. The fraction of sp³-hybridized carbons (Fsp3) is 0.625. The molecule has 2 aliphatic rings. The number of nitrogens with one attached hydrogen (secondary N) is 1. The Bertz CT molecular complexity index is 595. The summed E-state index contributed by atoms with van der Waals surface area (Å²) in [6.07, 6.45) is 3.73. The van der Waals surface area contributed by atoms with Crippen LogP contribution in [-0.4, -0.2) is 72.1 Å². The summed E-state index contributed by atoms with van der Waals surface area (Å²) in [6, 6.07) is 1.61. The Balaban J connectivity index is 1.57. The van der Waals surface area contributed by atoms with Crippen molar-refractivity contribution in [1.82, 2.24) is 20.2 Å². The number of rotatable bonds is 4. The predicted octanol–water partition coefficient (Wildman–Crippen LogP) is 0.0539. The molecule has 1 unspecified atom stereocenters. The molecule has 0 spiro atoms. The smallest absolute Gasteiger partial charge is 0.270 e. The molecule has 2 fully saturated rings. The van der Waals surface area contributed by atoms with Crippen molar-refractivity contribution in [2.75, 3.05) is 44.2 Å². The third-order valence-corrected chi connectivity index (χ3v) is 4.40. The number of hydrogen-bond donors (Lipinski definition) is 1. The normalized spacial score (nSPS) is 21.0. The number of ether oxygens (including phenoxy) is 1. The first-order valence-corrected chi connectivity index (χ1v) is 8.37. The van der Waals surface area contributed by atoms with Gasteiger partial charge < -0.3 is 19.9 Å². The Morgan fingerprint density at radius 3 is 2.79 bits per heavy atom. The Labute approximate surface area is 141 Å². The molecule has 1 aromatic heterocycles. The van der Waals surface area contributed by atoms with Gasteiger partial charge in [-0.1, -0.05) is 0 Å². The van der Waals surface area contributed by atoms with Crippen LogP contribution in [0.2, 0.25) is 0 Å². The van der Waals surface area contributed by atoms with E-state index >= 15 is 0 Å². The van der Waals surface area contributed by atoms with E-state index in [0.717, 1.165) is 19.4 Å². The van der Waals surface area contributed by atoms with E-state index in [2.05, 4.69) is 15.3 Å². The molecule has 3 rings (SSSR count). The van der Waals surface area contributed by atoms with Gasteiger partial charge in [-0.15, -0.1) is 0 Å². The molecule has 1 atom stereocenters. The molecule has 2 saturated heterocycles. The minimum Gasteiger partial charge on any atom is -0.376 e. The van der Waals surface area contributed by atoms with E-state index in [-0.39, 0.29) is 17.9 Å². The monoisotopic (exact) mass is 333 g/mol. The third-order valence-electron chi connectivity index (χ3n) is 4.40. The largest absolute Gasteiger partial charge is 0.376 e. The molecule has 0 aromatic carbocycles. The number of piperazine rings is 1. The first-order chi connectivity index (χ1) is 11.6. The molecule has 0 aliphatic carbocycles. The van der Waals surface area contributed by atoms with Crippen LogP contribution in [0.3, 0.4) is 0 Å². The zero-order valence-corrected chi connectivity index (χ0v) is 13.9. The zero-order chi connectivity index (χ0) is 16.9. The van der Waals surface area contributed by atoms with Crippen LogP contribution in [0.1, 0.15) is 30.3 Å². The summed E-state index contributed by atoms with van der Waals surface area (Å²) in [7, 11) is 0. The van der Waals surface area contributed by atoms with Gasteiger partial charge in [0.05, 0.1) is 6.10 Å². The van der Waals surface area contributed by atoms with E-state index < -0.39 is 0 Å². The van der Waals surface area contributed by atoms with Gasteiger partial charge in [-0.25, -0.2) is 9.97 Å². The van der Waals surface area contributed by atoms with Crippen LogP contribution in [0.25, 0.3) is 0 Å². The average Bonchev–Trinajstić information content (AvgIpc) is 3.13. The molecule has 3 heterocycles. The van der Waals surface area contributed by atoms with Crippen molar-refractivity contribution >= 4 is 17.8 Å². The maximum atomic E-state index is 12.2. The molecular formula is C16H23N5O3. The summed E-state index contributed by atoms with van der Waals surface area (Å²) in [5, 5.41) is 2.87. The second-order valence-electron chi connectivity index (χ2n) is 6.08. The molecule has 0 bridgehead atoms. The van der Waals surface area contributed by atoms with Crippen LogP contribution in [0.15, 0.2) is 12.3 Å². The van der Waals surface area contributed by atoms with Gasteiger partial charge in [0.25, 0.3) is 5.91 Å². The van der Waals surface area contributed by atoms with Crippen molar-refractivity contribution in [3.05, 3.63) is 18.0 Å². The van der Waals surface area contributed by atoms with E-state index in [9.17, 15) is 9.59 Å². The molecule has 24 heavy (non-hydrogen) atoms. The van der Waals surface area contributed by atoms with E-state index in [1.54, 1.807) is 24.1 Å². The molecule has 8 heteroatoms. The van der Waals surface area contributed by atoms with Crippen molar-refractivity contribution < 1.29 is 14.3 Å². The number of amides is 2. The van der Waals surface area contributed by atoms with E-state index in [1.165, 1.54) is 0 Å². The maximum absolute atomic E-state index is 12.2. The Hall–Kier alpha value is -2.22. The quantitative estimate of drug-likeness (QED) is 0.838. The summed E-state index contributed by atoms with van der Waals surface area (Å²) >= 11 is 0. The van der Waals surface area contributed by atoms with Gasteiger partial charge in [0, 0.05) is 52.5 Å². The maximum Gasteiger partial charge on any atom is 0.270 e. The van der Waals surface area contributed by atoms with Crippen LogP contribution in [0.5, 0.6) is 0 Å². The number of carbonyl (C=O) groups excluding carboxylic acids is 2. The van der Waals surface area contributed by atoms with Gasteiger partial charge in [-0.2, -0.15) is 0 Å². The lowest BCUT2D eigenvalue weighted by atomic mass is 10.2. The van der Waals surface area contributed by atoms with E-state index in [4.69, 9.17) is 4.74 Å². The Morgan fingerprint density at radius 1 is 1.33 bits per heavy atom. The van der Waals surface area contributed by atoms with Crippen LogP contribution in [0.4, 0.5) is 5.95 Å². The molecule has 2 aliphatic heterocycles. The van der Waals surface area contributed by atoms with Gasteiger partial charge in [0.2, 0.25) is 11.9 Å². The molecule has 130 valence electrons. The van der Waals surface area contributed by atoms with Gasteiger partial charge >= 0.3 is 0 Å². The van der Waals surface area contributed by atoms with Gasteiger partial charge in [-0.05, 0) is 18.9 Å². The van der Waals surface area contributed by atoms with Crippen LogP contribution in [-0.2, 0) is 9.53 Å². The van der Waals surface area contributed by atoms with Gasteiger partial charge in [0.15, 0.2) is 0 Å². The van der Waals surface area contributed by atoms with E-state index in [0.29, 0.717) is 44.4 Å². The number of carbonyl (C=O) groups is 2. The number of aromatic nitrogens is 2. The van der Waals surface area contributed by atoms with Gasteiger partial charge in [-0.3, -0.25) is 9.59 Å². The lowest BCUT2D eigenvalue weighted by molar-refractivity contribution is -0.129. The number of nitrogens with zero attached hydrogens (tertiary/aromatic N) is 4. The Morgan fingerprint density at radius 2 is 2.12 bits per heavy atom. The fourth-order valence-electron chi connectivity index (χ4n) is 2.95. The summed E-state index contributed by atoms with van der Waals surface area (Å²) in [6.45, 7) is 5.48. The molecule has 0 saturated carbocycles. The number of hydrogen-bond acceptors (Lipinski definition) is 6. The van der Waals surface area contributed by atoms with Crippen LogP contribution >= 0.6 is 0 Å². The number of anilines is 1. The van der Waals surface area contributed by atoms with Crippen molar-refractivity contribution in [3.8, 4) is 0 Å². The molecule has 1 N–H and O–H groups in total. The summed E-state index contributed by atoms with van der Waals surface area (Å²) in [5.74, 6) is 0.400. The highest BCUT2D eigenvalue weighted by Crippen LogP contribution is 2.13. The third kappa shape index (κ3) is 4.00.